The van der Waals surface area contributed by atoms with E-state index in [9.17, 15) is 8.78 Å². The molecule has 1 nitrogen and oxygen atoms in total. The van der Waals surface area contributed by atoms with Crippen molar-refractivity contribution in [1.82, 2.24) is 0 Å². The van der Waals surface area contributed by atoms with Gasteiger partial charge in [0.2, 0.25) is 5.82 Å². The fourth-order valence-electron chi connectivity index (χ4n) is 5.43. The first-order chi connectivity index (χ1) is 18.6. The third kappa shape index (κ3) is 7.43. The second kappa shape index (κ2) is 14.1. The molecule has 0 bridgehead atoms. The van der Waals surface area contributed by atoms with Crippen molar-refractivity contribution < 1.29 is 13.5 Å². The van der Waals surface area contributed by atoms with Crippen LogP contribution in [-0.2, 0) is 12.8 Å². The average molecular weight is 515 g/mol. The van der Waals surface area contributed by atoms with Crippen LogP contribution in [0.15, 0.2) is 85.0 Å². The molecule has 0 heterocycles. The third-order valence-corrected chi connectivity index (χ3v) is 7.68. The van der Waals surface area contributed by atoms with E-state index in [1.165, 1.54) is 35.6 Å². The molecule has 3 heteroatoms. The highest BCUT2D eigenvalue weighted by Gasteiger charge is 2.21. The van der Waals surface area contributed by atoms with Crippen LogP contribution in [0.5, 0.6) is 5.75 Å². The molecule has 0 amide bonds. The quantitative estimate of drug-likeness (QED) is 0.231. The van der Waals surface area contributed by atoms with E-state index in [0.29, 0.717) is 24.0 Å². The van der Waals surface area contributed by atoms with Crippen LogP contribution in [0.1, 0.15) is 75.0 Å². The lowest BCUT2D eigenvalue weighted by molar-refractivity contribution is 0.314. The van der Waals surface area contributed by atoms with Crippen molar-refractivity contribution in [3.63, 3.8) is 0 Å². The summed E-state index contributed by atoms with van der Waals surface area (Å²) in [6.07, 6.45) is 18.2. The second-order valence-corrected chi connectivity index (χ2v) is 10.3. The van der Waals surface area contributed by atoms with Gasteiger partial charge in [-0.1, -0.05) is 72.8 Å². The van der Waals surface area contributed by atoms with Gasteiger partial charge in [-0.3, -0.25) is 0 Å². The van der Waals surface area contributed by atoms with Gasteiger partial charge in [-0.15, -0.1) is 0 Å². The highest BCUT2D eigenvalue weighted by atomic mass is 19.2. The van der Waals surface area contributed by atoms with Gasteiger partial charge in [-0.25, -0.2) is 4.39 Å². The molecule has 200 valence electrons. The zero-order valence-electron chi connectivity index (χ0n) is 22.8. The van der Waals surface area contributed by atoms with Crippen LogP contribution in [0.3, 0.4) is 0 Å². The SMILES string of the molecule is CC=CCCc1ccc(CCC=CC2CCC(c3ccc(-c4ccc(OCC)c(F)c4F)cc3)CC2)cc1. The van der Waals surface area contributed by atoms with Crippen LogP contribution in [0.25, 0.3) is 11.1 Å². The van der Waals surface area contributed by atoms with Gasteiger partial charge in [0, 0.05) is 5.56 Å². The number of hydrogen-bond donors (Lipinski definition) is 0. The van der Waals surface area contributed by atoms with Crippen molar-refractivity contribution in [2.24, 2.45) is 5.92 Å². The number of ether oxygens (including phenoxy) is 1. The van der Waals surface area contributed by atoms with Gasteiger partial charge in [-0.05, 0) is 111 Å². The summed E-state index contributed by atoms with van der Waals surface area (Å²) < 4.78 is 34.1. The Labute approximate surface area is 227 Å². The lowest BCUT2D eigenvalue weighted by Gasteiger charge is -2.27. The molecule has 0 radical (unpaired) electrons. The van der Waals surface area contributed by atoms with Crippen molar-refractivity contribution in [2.75, 3.05) is 6.61 Å². The average Bonchev–Trinajstić information content (AvgIpc) is 2.95. The monoisotopic (exact) mass is 514 g/mol. The van der Waals surface area contributed by atoms with E-state index >= 15 is 0 Å². The molecule has 0 unspecified atom stereocenters. The molecular weight excluding hydrogens is 474 g/mol. The summed E-state index contributed by atoms with van der Waals surface area (Å²) >= 11 is 0. The number of rotatable bonds is 11. The molecule has 0 aliphatic heterocycles. The van der Waals surface area contributed by atoms with Crippen molar-refractivity contribution >= 4 is 0 Å². The van der Waals surface area contributed by atoms with Gasteiger partial charge in [0.15, 0.2) is 11.6 Å². The predicted molar refractivity (Wildman–Crippen MR) is 155 cm³/mol. The Bertz CT molecular complexity index is 1200. The van der Waals surface area contributed by atoms with Gasteiger partial charge < -0.3 is 4.74 Å². The number of hydrogen-bond acceptors (Lipinski definition) is 1. The molecule has 38 heavy (non-hydrogen) atoms. The maximum Gasteiger partial charge on any atom is 0.201 e. The molecule has 1 saturated carbocycles. The molecule has 3 aromatic rings. The minimum Gasteiger partial charge on any atom is -0.491 e. The predicted octanol–water partition coefficient (Wildman–Crippen LogP) is 10.0. The standard InChI is InChI=1S/C35H40F2O/c1-3-5-6-9-26-12-14-27(15-13-26)10-7-8-11-28-16-18-29(19-17-28)30-20-22-31(23-21-30)32-24-25-33(38-4-2)35(37)34(32)36/h3,5,8,11-15,20-25,28-29H,4,6-7,9-10,16-19H2,1-2H3. The summed E-state index contributed by atoms with van der Waals surface area (Å²) in [5.41, 5.74) is 5.06. The van der Waals surface area contributed by atoms with Gasteiger partial charge in [0.05, 0.1) is 6.61 Å². The van der Waals surface area contributed by atoms with Gasteiger partial charge in [0.25, 0.3) is 0 Å². The maximum absolute atomic E-state index is 14.6. The van der Waals surface area contributed by atoms with Crippen molar-refractivity contribution in [3.8, 4) is 16.9 Å². The molecule has 4 rings (SSSR count). The maximum atomic E-state index is 14.6. The Morgan fingerprint density at radius 2 is 1.39 bits per heavy atom. The zero-order valence-corrected chi connectivity index (χ0v) is 22.8. The minimum absolute atomic E-state index is 0.0407. The molecule has 0 spiro atoms. The highest BCUT2D eigenvalue weighted by Crippen LogP contribution is 2.37. The highest BCUT2D eigenvalue weighted by molar-refractivity contribution is 5.65. The molecule has 0 aromatic heterocycles. The van der Waals surface area contributed by atoms with Crippen LogP contribution in [0, 0.1) is 17.6 Å². The summed E-state index contributed by atoms with van der Waals surface area (Å²) in [7, 11) is 0. The lowest BCUT2D eigenvalue weighted by Crippen LogP contribution is -2.11. The Morgan fingerprint density at radius 3 is 2.00 bits per heavy atom. The Morgan fingerprint density at radius 1 is 0.763 bits per heavy atom. The van der Waals surface area contributed by atoms with E-state index in [2.05, 4.69) is 67.6 Å². The van der Waals surface area contributed by atoms with E-state index in [0.717, 1.165) is 38.5 Å². The number of halogens is 2. The molecule has 0 atom stereocenters. The fourth-order valence-corrected chi connectivity index (χ4v) is 5.43. The molecule has 0 saturated heterocycles. The fraction of sp³-hybridized carbons (Fsp3) is 0.371. The first-order valence-corrected chi connectivity index (χ1v) is 14.2. The molecule has 1 fully saturated rings. The van der Waals surface area contributed by atoms with E-state index < -0.39 is 11.6 Å². The number of aryl methyl sites for hydroxylation is 2. The molecular formula is C35H40F2O. The van der Waals surface area contributed by atoms with Crippen LogP contribution < -0.4 is 4.74 Å². The molecule has 3 aromatic carbocycles. The summed E-state index contributed by atoms with van der Waals surface area (Å²) in [5.74, 6) is -0.634. The largest absolute Gasteiger partial charge is 0.491 e. The second-order valence-electron chi connectivity index (χ2n) is 10.3. The first-order valence-electron chi connectivity index (χ1n) is 14.2. The normalized spacial score (nSPS) is 17.9. The van der Waals surface area contributed by atoms with Crippen LogP contribution in [0.2, 0.25) is 0 Å². The number of benzene rings is 3. The van der Waals surface area contributed by atoms with E-state index in [1.807, 2.05) is 12.1 Å². The zero-order chi connectivity index (χ0) is 26.7. The van der Waals surface area contributed by atoms with Crippen LogP contribution >= 0.6 is 0 Å². The first kappa shape index (κ1) is 27.8. The van der Waals surface area contributed by atoms with Gasteiger partial charge in [0.1, 0.15) is 0 Å². The minimum atomic E-state index is -0.923. The topological polar surface area (TPSA) is 9.23 Å². The van der Waals surface area contributed by atoms with Gasteiger partial charge in [-0.2, -0.15) is 4.39 Å². The van der Waals surface area contributed by atoms with Crippen molar-refractivity contribution in [2.45, 2.75) is 71.1 Å². The summed E-state index contributed by atoms with van der Waals surface area (Å²) in [4.78, 5) is 0. The third-order valence-electron chi connectivity index (χ3n) is 7.68. The Balaban J connectivity index is 1.23. The van der Waals surface area contributed by atoms with Crippen LogP contribution in [0.4, 0.5) is 8.78 Å². The van der Waals surface area contributed by atoms with E-state index in [4.69, 9.17) is 4.74 Å². The molecule has 1 aliphatic rings. The molecule has 1 aliphatic carbocycles. The van der Waals surface area contributed by atoms with E-state index in [-0.39, 0.29) is 11.3 Å². The smallest absolute Gasteiger partial charge is 0.201 e. The lowest BCUT2D eigenvalue weighted by atomic mass is 9.78. The van der Waals surface area contributed by atoms with E-state index in [1.54, 1.807) is 13.0 Å². The summed E-state index contributed by atoms with van der Waals surface area (Å²) in [5, 5.41) is 0. The van der Waals surface area contributed by atoms with Gasteiger partial charge >= 0.3 is 0 Å². The Kier molecular flexibility index (Phi) is 10.3. The summed E-state index contributed by atoms with van der Waals surface area (Å²) in [6, 6.07) is 20.2. The number of allylic oxidation sites excluding steroid dienone is 4. The van der Waals surface area contributed by atoms with Crippen molar-refractivity contribution in [1.29, 1.82) is 0 Å². The Hall–Kier alpha value is -3.20. The van der Waals surface area contributed by atoms with Crippen LogP contribution in [-0.4, -0.2) is 6.61 Å². The van der Waals surface area contributed by atoms with Crippen molar-refractivity contribution in [3.05, 3.63) is 113 Å². The molecule has 0 N–H and O–H groups in total. The summed E-state index contributed by atoms with van der Waals surface area (Å²) in [6.45, 7) is 4.12.